The van der Waals surface area contributed by atoms with Crippen LogP contribution in [0.2, 0.25) is 0 Å². The third-order valence-corrected chi connectivity index (χ3v) is 5.14. The molecule has 2 N–H and O–H groups in total. The number of rotatable bonds is 7. The van der Waals surface area contributed by atoms with Gasteiger partial charge in [0.25, 0.3) is 5.91 Å². The maximum Gasteiger partial charge on any atom is 0.258 e. The lowest BCUT2D eigenvalue weighted by molar-refractivity contribution is 0.102. The van der Waals surface area contributed by atoms with E-state index in [2.05, 4.69) is 32.3 Å². The predicted octanol–water partition coefficient (Wildman–Crippen LogP) is 3.58. The summed E-state index contributed by atoms with van der Waals surface area (Å²) in [6.45, 7) is -0.178. The molecule has 0 bridgehead atoms. The van der Waals surface area contributed by atoms with Crippen LogP contribution in [0.25, 0.3) is 0 Å². The van der Waals surface area contributed by atoms with Gasteiger partial charge in [0.05, 0.1) is 17.9 Å². The Morgan fingerprint density at radius 1 is 1.11 bits per heavy atom. The number of aromatic nitrogens is 2. The second-order valence-electron chi connectivity index (χ2n) is 6.32. The molecule has 0 aliphatic rings. The van der Waals surface area contributed by atoms with Crippen LogP contribution < -0.4 is 10.2 Å². The summed E-state index contributed by atoms with van der Waals surface area (Å²) in [4.78, 5) is 23.3. The maximum atomic E-state index is 12.8. The standard InChI is InChI=1S/C21H22N4O2S/c1-25(2)19-8-4-3-6-15(19)14-28-21-18(7-5-10-23-21)20(27)24-16-9-11-22-17(12-16)13-26/h3-12,26H,13-14H2,1-2H3,(H,22,24,27). The first-order valence-corrected chi connectivity index (χ1v) is 9.77. The zero-order valence-electron chi connectivity index (χ0n) is 15.8. The first-order valence-electron chi connectivity index (χ1n) is 8.78. The Morgan fingerprint density at radius 2 is 1.93 bits per heavy atom. The van der Waals surface area contributed by atoms with Gasteiger partial charge >= 0.3 is 0 Å². The smallest absolute Gasteiger partial charge is 0.258 e. The van der Waals surface area contributed by atoms with E-state index in [4.69, 9.17) is 0 Å². The Hall–Kier alpha value is -2.90. The van der Waals surface area contributed by atoms with Crippen LogP contribution in [-0.2, 0) is 12.4 Å². The van der Waals surface area contributed by atoms with Crippen molar-refractivity contribution in [3.63, 3.8) is 0 Å². The molecule has 0 atom stereocenters. The zero-order valence-corrected chi connectivity index (χ0v) is 16.6. The van der Waals surface area contributed by atoms with E-state index in [9.17, 15) is 9.90 Å². The average molecular weight is 395 g/mol. The second-order valence-corrected chi connectivity index (χ2v) is 7.28. The van der Waals surface area contributed by atoms with Crippen molar-refractivity contribution in [3.05, 3.63) is 77.7 Å². The summed E-state index contributed by atoms with van der Waals surface area (Å²) in [7, 11) is 4.02. The van der Waals surface area contributed by atoms with Gasteiger partial charge in [-0.05, 0) is 35.9 Å². The van der Waals surface area contributed by atoms with Crippen molar-refractivity contribution in [1.29, 1.82) is 0 Å². The van der Waals surface area contributed by atoms with Gasteiger partial charge in [0.15, 0.2) is 0 Å². The molecule has 28 heavy (non-hydrogen) atoms. The van der Waals surface area contributed by atoms with Gasteiger partial charge in [-0.25, -0.2) is 4.98 Å². The van der Waals surface area contributed by atoms with Crippen molar-refractivity contribution < 1.29 is 9.90 Å². The first-order chi connectivity index (χ1) is 13.6. The second kappa shape index (κ2) is 9.34. The monoisotopic (exact) mass is 394 g/mol. The molecule has 2 heterocycles. The number of thioether (sulfide) groups is 1. The lowest BCUT2D eigenvalue weighted by atomic mass is 10.2. The van der Waals surface area contributed by atoms with Crippen molar-refractivity contribution in [3.8, 4) is 0 Å². The molecule has 0 spiro atoms. The summed E-state index contributed by atoms with van der Waals surface area (Å²) in [6, 6.07) is 15.0. The van der Waals surface area contributed by atoms with Crippen LogP contribution in [0, 0.1) is 0 Å². The molecular formula is C21H22N4O2S. The molecule has 0 aliphatic heterocycles. The molecule has 0 unspecified atom stereocenters. The van der Waals surface area contributed by atoms with Crippen molar-refractivity contribution in [2.24, 2.45) is 0 Å². The summed E-state index contributed by atoms with van der Waals surface area (Å²) in [5, 5.41) is 12.7. The number of carbonyl (C=O) groups is 1. The lowest BCUT2D eigenvalue weighted by Crippen LogP contribution is -2.14. The van der Waals surface area contributed by atoms with Crippen LogP contribution in [0.1, 0.15) is 21.6 Å². The van der Waals surface area contributed by atoms with Crippen molar-refractivity contribution in [1.82, 2.24) is 9.97 Å². The van der Waals surface area contributed by atoms with Gasteiger partial charge in [-0.1, -0.05) is 18.2 Å². The molecular weight excluding hydrogens is 372 g/mol. The van der Waals surface area contributed by atoms with E-state index in [0.29, 0.717) is 27.7 Å². The number of aliphatic hydroxyl groups excluding tert-OH is 1. The Balaban J connectivity index is 1.77. The summed E-state index contributed by atoms with van der Waals surface area (Å²) in [5.41, 5.74) is 3.92. The molecule has 0 radical (unpaired) electrons. The van der Waals surface area contributed by atoms with E-state index < -0.39 is 0 Å². The fourth-order valence-corrected chi connectivity index (χ4v) is 3.72. The molecule has 7 heteroatoms. The topological polar surface area (TPSA) is 78.4 Å². The van der Waals surface area contributed by atoms with Crippen molar-refractivity contribution in [2.75, 3.05) is 24.3 Å². The van der Waals surface area contributed by atoms with E-state index in [-0.39, 0.29) is 12.5 Å². The molecule has 2 aromatic heterocycles. The fourth-order valence-electron chi connectivity index (χ4n) is 2.73. The van der Waals surface area contributed by atoms with Gasteiger partial charge in [0, 0.05) is 43.6 Å². The minimum Gasteiger partial charge on any atom is -0.390 e. The minimum atomic E-state index is -0.244. The lowest BCUT2D eigenvalue weighted by Gasteiger charge is -2.17. The molecule has 0 fully saturated rings. The van der Waals surface area contributed by atoms with E-state index in [1.54, 1.807) is 36.7 Å². The van der Waals surface area contributed by atoms with E-state index >= 15 is 0 Å². The number of amides is 1. The fraction of sp³-hybridized carbons (Fsp3) is 0.190. The highest BCUT2D eigenvalue weighted by atomic mass is 32.2. The number of nitrogens with one attached hydrogen (secondary N) is 1. The first kappa shape index (κ1) is 19.9. The largest absolute Gasteiger partial charge is 0.390 e. The highest BCUT2D eigenvalue weighted by Gasteiger charge is 2.14. The van der Waals surface area contributed by atoms with Gasteiger partial charge < -0.3 is 15.3 Å². The summed E-state index contributed by atoms with van der Waals surface area (Å²) >= 11 is 1.53. The number of benzene rings is 1. The van der Waals surface area contributed by atoms with Gasteiger partial charge in [0.2, 0.25) is 0 Å². The number of hydrogen-bond donors (Lipinski definition) is 2. The van der Waals surface area contributed by atoms with Gasteiger partial charge in [-0.2, -0.15) is 0 Å². The van der Waals surface area contributed by atoms with Crippen LogP contribution in [-0.4, -0.2) is 35.1 Å². The van der Waals surface area contributed by atoms with Crippen LogP contribution in [0.3, 0.4) is 0 Å². The van der Waals surface area contributed by atoms with Crippen LogP contribution in [0.4, 0.5) is 11.4 Å². The Bertz CT molecular complexity index is 962. The predicted molar refractivity (Wildman–Crippen MR) is 113 cm³/mol. The van der Waals surface area contributed by atoms with E-state index in [1.165, 1.54) is 17.3 Å². The average Bonchev–Trinajstić information content (AvgIpc) is 2.72. The minimum absolute atomic E-state index is 0.178. The van der Waals surface area contributed by atoms with Gasteiger partial charge in [-0.3, -0.25) is 9.78 Å². The Morgan fingerprint density at radius 3 is 2.71 bits per heavy atom. The van der Waals surface area contributed by atoms with Gasteiger partial charge in [-0.15, -0.1) is 11.8 Å². The van der Waals surface area contributed by atoms with Crippen LogP contribution >= 0.6 is 11.8 Å². The molecule has 0 saturated carbocycles. The number of hydrogen-bond acceptors (Lipinski definition) is 6. The summed E-state index contributed by atoms with van der Waals surface area (Å²) in [5.74, 6) is 0.460. The highest BCUT2D eigenvalue weighted by molar-refractivity contribution is 7.98. The van der Waals surface area contributed by atoms with E-state index in [0.717, 1.165) is 5.69 Å². The molecule has 6 nitrogen and oxygen atoms in total. The SMILES string of the molecule is CN(C)c1ccccc1CSc1ncccc1C(=O)Nc1ccnc(CO)c1. The Kier molecular flexibility index (Phi) is 6.62. The highest BCUT2D eigenvalue weighted by Crippen LogP contribution is 2.29. The third-order valence-electron chi connectivity index (χ3n) is 4.09. The van der Waals surface area contributed by atoms with Crippen molar-refractivity contribution in [2.45, 2.75) is 17.4 Å². The molecule has 1 amide bonds. The number of carbonyl (C=O) groups excluding carboxylic acids is 1. The number of para-hydroxylation sites is 1. The molecule has 3 aromatic rings. The van der Waals surface area contributed by atoms with Crippen LogP contribution in [0.5, 0.6) is 0 Å². The van der Waals surface area contributed by atoms with Gasteiger partial charge in [0.1, 0.15) is 5.03 Å². The molecule has 1 aromatic carbocycles. The van der Waals surface area contributed by atoms with Crippen LogP contribution in [0.15, 0.2) is 66.0 Å². The molecule has 0 aliphatic carbocycles. The number of nitrogens with zero attached hydrogens (tertiary/aromatic N) is 3. The molecule has 3 rings (SSSR count). The summed E-state index contributed by atoms with van der Waals surface area (Å²) in [6.07, 6.45) is 3.24. The molecule has 144 valence electrons. The number of pyridine rings is 2. The quantitative estimate of drug-likeness (QED) is 0.597. The normalized spacial score (nSPS) is 10.5. The molecule has 0 saturated heterocycles. The number of anilines is 2. The maximum absolute atomic E-state index is 12.8. The Labute approximate surface area is 168 Å². The van der Waals surface area contributed by atoms with Crippen molar-refractivity contribution >= 4 is 29.0 Å². The third kappa shape index (κ3) is 4.88. The summed E-state index contributed by atoms with van der Waals surface area (Å²) < 4.78 is 0. The van der Waals surface area contributed by atoms with E-state index in [1.807, 2.05) is 26.2 Å². The number of aliphatic hydroxyl groups is 1. The zero-order chi connectivity index (χ0) is 19.9.